The Bertz CT molecular complexity index is 3200. The Kier molecular flexibility index (Phi) is 12.5. The molecule has 0 saturated heterocycles. The predicted octanol–water partition coefficient (Wildman–Crippen LogP) is 6.72. The highest BCUT2D eigenvalue weighted by Gasteiger charge is 2.15. The number of pyridine rings is 2. The summed E-state index contributed by atoms with van der Waals surface area (Å²) in [7, 11) is 0. The molecule has 8 aromatic heterocycles. The first-order chi connectivity index (χ1) is 30.6. The van der Waals surface area contributed by atoms with Crippen molar-refractivity contribution in [2.24, 2.45) is 5.73 Å². The summed E-state index contributed by atoms with van der Waals surface area (Å²) in [5.74, 6) is 0.272. The van der Waals surface area contributed by atoms with E-state index >= 15 is 0 Å². The largest absolute Gasteiger partial charge is 0.508 e. The van der Waals surface area contributed by atoms with Gasteiger partial charge in [0.2, 0.25) is 0 Å². The molecule has 0 amide bonds. The molecule has 0 unspecified atom stereocenters. The van der Waals surface area contributed by atoms with Crippen molar-refractivity contribution in [3.8, 4) is 34.0 Å². The van der Waals surface area contributed by atoms with Crippen LogP contribution in [0, 0.1) is 11.6 Å². The zero-order chi connectivity index (χ0) is 44.0. The molecule has 0 bridgehead atoms. The number of phenols is 2. The van der Waals surface area contributed by atoms with E-state index in [2.05, 4.69) is 45.4 Å². The highest BCUT2D eigenvalue weighted by Crippen LogP contribution is 2.27. The fourth-order valence-electron chi connectivity index (χ4n) is 6.96. The Morgan fingerprint density at radius 3 is 1.70 bits per heavy atom. The van der Waals surface area contributed by atoms with E-state index in [0.717, 1.165) is 51.7 Å². The molecule has 10 aromatic rings. The van der Waals surface area contributed by atoms with Crippen LogP contribution < -0.4 is 11.1 Å². The highest BCUT2D eigenvalue weighted by atomic mass is 35.5. The van der Waals surface area contributed by atoms with Crippen LogP contribution in [0.1, 0.15) is 22.3 Å². The molecular weight excluding hydrogens is 834 g/mol. The van der Waals surface area contributed by atoms with E-state index < -0.39 is 11.6 Å². The van der Waals surface area contributed by atoms with Crippen LogP contribution in [0.4, 0.5) is 14.6 Å². The first kappa shape index (κ1) is 42.2. The van der Waals surface area contributed by atoms with Crippen molar-refractivity contribution in [3.05, 3.63) is 149 Å². The number of anilines is 1. The van der Waals surface area contributed by atoms with Crippen LogP contribution in [0.5, 0.6) is 11.5 Å². The number of halogens is 3. The van der Waals surface area contributed by atoms with E-state index in [-0.39, 0.29) is 19.0 Å². The normalized spacial score (nSPS) is 11.2. The average molecular weight is 873 g/mol. The summed E-state index contributed by atoms with van der Waals surface area (Å²) in [6.45, 7) is 0.802. The number of phenolic OH excluding ortho intramolecular Hbond substituents is 2. The minimum Gasteiger partial charge on any atom is -0.508 e. The highest BCUT2D eigenvalue weighted by molar-refractivity contribution is 6.30. The minimum absolute atomic E-state index is 0.197. The fourth-order valence-corrected chi connectivity index (χ4v) is 7.18. The average Bonchev–Trinajstić information content (AvgIpc) is 4.10. The third-order valence-electron chi connectivity index (χ3n) is 10.0. The molecule has 0 aliphatic rings. The van der Waals surface area contributed by atoms with Gasteiger partial charge in [0.05, 0.1) is 49.4 Å². The first-order valence-electron chi connectivity index (χ1n) is 19.5. The summed E-state index contributed by atoms with van der Waals surface area (Å²) in [6, 6.07) is 16.5. The van der Waals surface area contributed by atoms with Gasteiger partial charge in [-0.3, -0.25) is 9.97 Å². The first-order valence-corrected chi connectivity index (χ1v) is 19.9. The number of hydrogen-bond acceptors (Lipinski definition) is 12. The number of benzene rings is 2. The minimum atomic E-state index is -0.453. The number of aromatic amines is 2. The van der Waals surface area contributed by atoms with Gasteiger partial charge < -0.3 is 41.4 Å². The van der Waals surface area contributed by atoms with Crippen LogP contribution in [-0.2, 0) is 26.1 Å². The summed E-state index contributed by atoms with van der Waals surface area (Å²) in [5.41, 5.74) is 13.8. The quantitative estimate of drug-likeness (QED) is 0.0670. The summed E-state index contributed by atoms with van der Waals surface area (Å²) < 4.78 is 29.9. The Labute approximate surface area is 361 Å². The van der Waals surface area contributed by atoms with E-state index in [4.69, 9.17) is 17.3 Å². The predicted molar refractivity (Wildman–Crippen MR) is 234 cm³/mol. The molecule has 2 aromatic carbocycles. The molecular formula is C44H39ClF2N12O4. The molecule has 8 heterocycles. The molecule has 0 aliphatic carbocycles. The summed E-state index contributed by atoms with van der Waals surface area (Å²) in [6.07, 6.45) is 13.7. The van der Waals surface area contributed by atoms with Gasteiger partial charge >= 0.3 is 0 Å². The van der Waals surface area contributed by atoms with Crippen LogP contribution in [0.2, 0.25) is 5.15 Å². The van der Waals surface area contributed by atoms with E-state index in [1.165, 1.54) is 29.0 Å². The lowest BCUT2D eigenvalue weighted by molar-refractivity contribution is 0.283. The molecule has 0 atom stereocenters. The number of nitrogens with two attached hydrogens (primary N) is 1. The maximum Gasteiger partial charge on any atom is 0.163 e. The summed E-state index contributed by atoms with van der Waals surface area (Å²) in [5, 5.41) is 52.0. The molecule has 0 spiro atoms. The van der Waals surface area contributed by atoms with Gasteiger partial charge in [-0.05, 0) is 79.0 Å². The molecule has 0 aliphatic heterocycles. The van der Waals surface area contributed by atoms with Gasteiger partial charge in [0.1, 0.15) is 34.1 Å². The van der Waals surface area contributed by atoms with Gasteiger partial charge in [-0.1, -0.05) is 11.6 Å². The standard InChI is InChI=1S/C22H19FN6O2.C12H8ClFN4O.C10H12N2O/c23-16-5-14(8-24-11-16)20-7-21(29-22(28-20)15(12-30)10-27-29)25-4-3-13-9-26-19-2-1-17(31)6-18(13)19;13-11-2-10(7-1-9(14)5-15-3-7)17-12-8(6-19)4-16-18(11)12;11-4-3-7-6-12-10-2-1-8(13)5-9(7)10/h1-2,5-11,25-26,30-31H,3-4,12H2;1-5,19H,6H2;1-2,5-6,12-13H,3-4,11H2. The lowest BCUT2D eigenvalue weighted by Gasteiger charge is -2.11. The molecule has 0 fully saturated rings. The van der Waals surface area contributed by atoms with Gasteiger partial charge in [0, 0.05) is 87.5 Å². The second kappa shape index (κ2) is 18.6. The van der Waals surface area contributed by atoms with Crippen LogP contribution in [0.15, 0.2) is 110 Å². The topological polar surface area (TPSA) is 237 Å². The van der Waals surface area contributed by atoms with Crippen LogP contribution in [0.3, 0.4) is 0 Å². The Morgan fingerprint density at radius 1 is 0.635 bits per heavy atom. The second-order valence-electron chi connectivity index (χ2n) is 14.2. The van der Waals surface area contributed by atoms with Crippen LogP contribution >= 0.6 is 11.6 Å². The number of H-pyrrole nitrogens is 2. The zero-order valence-electron chi connectivity index (χ0n) is 33.2. The third kappa shape index (κ3) is 9.24. The number of aliphatic hydroxyl groups excluding tert-OH is 2. The van der Waals surface area contributed by atoms with Crippen LogP contribution in [-0.4, -0.2) is 82.6 Å². The van der Waals surface area contributed by atoms with Gasteiger partial charge in [-0.25, -0.2) is 23.3 Å². The number of nitrogens with one attached hydrogen (secondary N) is 3. The Hall–Kier alpha value is -7.51. The third-order valence-corrected chi connectivity index (χ3v) is 10.3. The molecule has 63 heavy (non-hydrogen) atoms. The van der Waals surface area contributed by atoms with Gasteiger partial charge in [-0.15, -0.1) is 0 Å². The van der Waals surface area contributed by atoms with Gasteiger partial charge in [0.15, 0.2) is 11.3 Å². The summed E-state index contributed by atoms with van der Waals surface area (Å²) >= 11 is 6.09. The van der Waals surface area contributed by atoms with Gasteiger partial charge in [0.25, 0.3) is 0 Å². The number of hydrogen-bond donors (Lipinski definition) is 8. The molecule has 16 nitrogen and oxygen atoms in total. The lowest BCUT2D eigenvalue weighted by Crippen LogP contribution is -2.10. The Morgan fingerprint density at radius 2 is 1.16 bits per heavy atom. The van der Waals surface area contributed by atoms with Crippen molar-refractivity contribution in [1.82, 2.24) is 49.1 Å². The van der Waals surface area contributed by atoms with Crippen molar-refractivity contribution in [3.63, 3.8) is 0 Å². The van der Waals surface area contributed by atoms with Crippen molar-refractivity contribution in [2.75, 3.05) is 18.4 Å². The molecule has 0 saturated carbocycles. The zero-order valence-corrected chi connectivity index (χ0v) is 34.0. The SMILES string of the molecule is NCCc1c[nH]c2ccc(O)cc12.OCc1cnn2c(Cl)cc(-c3cncc(F)c3)nc12.OCc1cnn2c(NCCc3c[nH]c4ccc(O)cc34)cc(-c3cncc(F)c3)nc12. The lowest BCUT2D eigenvalue weighted by atomic mass is 10.1. The number of fused-ring (bicyclic) bond motifs is 4. The van der Waals surface area contributed by atoms with E-state index in [9.17, 15) is 29.2 Å². The van der Waals surface area contributed by atoms with Crippen LogP contribution in [0.25, 0.3) is 55.6 Å². The second-order valence-corrected chi connectivity index (χ2v) is 14.6. The fraction of sp³-hybridized carbons (Fsp3) is 0.136. The maximum atomic E-state index is 13.7. The van der Waals surface area contributed by atoms with E-state index in [0.29, 0.717) is 81.2 Å². The molecule has 320 valence electrons. The van der Waals surface area contributed by atoms with E-state index in [1.54, 1.807) is 53.3 Å². The number of aliphatic hydroxyl groups is 2. The maximum absolute atomic E-state index is 13.7. The number of rotatable bonds is 10. The van der Waals surface area contributed by atoms with E-state index in [1.807, 2.05) is 24.5 Å². The number of nitrogens with zero attached hydrogens (tertiary/aromatic N) is 8. The molecule has 0 radical (unpaired) electrons. The van der Waals surface area contributed by atoms with Gasteiger partial charge in [-0.2, -0.15) is 14.7 Å². The monoisotopic (exact) mass is 872 g/mol. The van der Waals surface area contributed by atoms with Crippen molar-refractivity contribution in [1.29, 1.82) is 0 Å². The summed E-state index contributed by atoms with van der Waals surface area (Å²) in [4.78, 5) is 22.9. The molecule has 19 heteroatoms. The van der Waals surface area contributed by atoms with Crippen molar-refractivity contribution < 1.29 is 29.2 Å². The smallest absolute Gasteiger partial charge is 0.163 e. The Balaban J connectivity index is 0.000000144. The number of aromatic nitrogens is 10. The number of aromatic hydroxyl groups is 2. The molecule has 9 N–H and O–H groups in total. The molecule has 10 rings (SSSR count). The van der Waals surface area contributed by atoms with Crippen molar-refractivity contribution >= 4 is 50.5 Å². The van der Waals surface area contributed by atoms with Crippen molar-refractivity contribution in [2.45, 2.75) is 26.1 Å².